The molecule has 0 bridgehead atoms. The van der Waals surface area contributed by atoms with Gasteiger partial charge in [-0.1, -0.05) is 0 Å². The lowest BCUT2D eigenvalue weighted by Gasteiger charge is -2.33. The topological polar surface area (TPSA) is 135 Å². The van der Waals surface area contributed by atoms with E-state index >= 15 is 0 Å². The van der Waals surface area contributed by atoms with Crippen LogP contribution in [0.25, 0.3) is 0 Å². The number of carbonyl (C=O) groups is 1. The number of aromatic nitrogens is 1. The fourth-order valence-electron chi connectivity index (χ4n) is 2.39. The average molecular weight is 291 g/mol. The van der Waals surface area contributed by atoms with Gasteiger partial charge in [-0.3, -0.25) is 15.1 Å². The van der Waals surface area contributed by atoms with Crippen LogP contribution < -0.4 is 10.6 Å². The van der Waals surface area contributed by atoms with E-state index in [4.69, 9.17) is 15.7 Å². The number of primary amides is 1. The molecule has 1 aromatic heterocycles. The van der Waals surface area contributed by atoms with Gasteiger partial charge in [-0.05, 0) is 12.8 Å². The summed E-state index contributed by atoms with van der Waals surface area (Å²) in [6.45, 7) is 0.778. The summed E-state index contributed by atoms with van der Waals surface area (Å²) in [7, 11) is 0. The number of hydrogen-bond acceptors (Lipinski definition) is 7. The SMILES string of the molecule is N#Cc1cncc([N+](=O)[O-])c1N1CCCC(OC(N)=O)C1. The fourth-order valence-corrected chi connectivity index (χ4v) is 2.39. The summed E-state index contributed by atoms with van der Waals surface area (Å²) >= 11 is 0. The smallest absolute Gasteiger partial charge is 0.404 e. The van der Waals surface area contributed by atoms with Gasteiger partial charge in [0.25, 0.3) is 0 Å². The highest BCUT2D eigenvalue weighted by Crippen LogP contribution is 2.33. The lowest BCUT2D eigenvalue weighted by Crippen LogP contribution is -2.42. The maximum Gasteiger partial charge on any atom is 0.404 e. The second kappa shape index (κ2) is 6.04. The number of piperidine rings is 1. The third-order valence-electron chi connectivity index (χ3n) is 3.19. The van der Waals surface area contributed by atoms with Crippen molar-refractivity contribution in [1.82, 2.24) is 4.98 Å². The number of pyridine rings is 1. The molecule has 1 saturated heterocycles. The Morgan fingerprint density at radius 1 is 1.62 bits per heavy atom. The first-order valence-corrected chi connectivity index (χ1v) is 6.26. The van der Waals surface area contributed by atoms with Gasteiger partial charge in [0.15, 0.2) is 0 Å². The summed E-state index contributed by atoms with van der Waals surface area (Å²) in [6, 6.07) is 1.90. The van der Waals surface area contributed by atoms with Crippen molar-refractivity contribution in [1.29, 1.82) is 5.26 Å². The summed E-state index contributed by atoms with van der Waals surface area (Å²) < 4.78 is 4.95. The van der Waals surface area contributed by atoms with Gasteiger partial charge in [0.1, 0.15) is 29.6 Å². The standard InChI is InChI=1S/C12H13N5O4/c13-4-8-5-15-6-10(17(19)20)11(8)16-3-1-2-9(7-16)21-12(14)18/h5-6,9H,1-3,7H2,(H2,14,18). The first-order chi connectivity index (χ1) is 10.0. The molecule has 9 heteroatoms. The number of rotatable bonds is 3. The second-order valence-electron chi connectivity index (χ2n) is 4.57. The maximum absolute atomic E-state index is 11.1. The maximum atomic E-state index is 11.1. The number of anilines is 1. The van der Waals surface area contributed by atoms with E-state index < -0.39 is 17.1 Å². The molecule has 0 aromatic carbocycles. The van der Waals surface area contributed by atoms with Crippen molar-refractivity contribution in [2.24, 2.45) is 5.73 Å². The molecule has 21 heavy (non-hydrogen) atoms. The van der Waals surface area contributed by atoms with Crippen LogP contribution in [0.5, 0.6) is 0 Å². The van der Waals surface area contributed by atoms with Gasteiger partial charge in [0.2, 0.25) is 0 Å². The van der Waals surface area contributed by atoms with Crippen LogP contribution in [0.3, 0.4) is 0 Å². The van der Waals surface area contributed by atoms with E-state index in [1.54, 1.807) is 4.90 Å². The lowest BCUT2D eigenvalue weighted by molar-refractivity contribution is -0.384. The Kier molecular flexibility index (Phi) is 4.18. The number of nitro groups is 1. The number of ether oxygens (including phenoxy) is 1. The third-order valence-corrected chi connectivity index (χ3v) is 3.19. The molecule has 0 aliphatic carbocycles. The highest BCUT2D eigenvalue weighted by atomic mass is 16.6. The van der Waals surface area contributed by atoms with Gasteiger partial charge < -0.3 is 15.4 Å². The molecule has 0 spiro atoms. The van der Waals surface area contributed by atoms with E-state index in [9.17, 15) is 14.9 Å². The van der Waals surface area contributed by atoms with Crippen LogP contribution in [-0.2, 0) is 4.74 Å². The predicted octanol–water partition coefficient (Wildman–Crippen LogP) is 0.926. The molecule has 1 unspecified atom stereocenters. The normalized spacial score (nSPS) is 17.9. The molecule has 9 nitrogen and oxygen atoms in total. The largest absolute Gasteiger partial charge is 0.445 e. The van der Waals surface area contributed by atoms with Crippen molar-refractivity contribution in [3.8, 4) is 6.07 Å². The summed E-state index contributed by atoms with van der Waals surface area (Å²) in [4.78, 5) is 26.7. The van der Waals surface area contributed by atoms with Gasteiger partial charge in [-0.25, -0.2) is 4.79 Å². The van der Waals surface area contributed by atoms with Crippen LogP contribution >= 0.6 is 0 Å². The number of nitrogens with zero attached hydrogens (tertiary/aromatic N) is 4. The van der Waals surface area contributed by atoms with Gasteiger partial charge in [-0.2, -0.15) is 5.26 Å². The molecular formula is C12H13N5O4. The minimum absolute atomic E-state index is 0.115. The van der Waals surface area contributed by atoms with Crippen LogP contribution in [-0.4, -0.2) is 35.2 Å². The molecule has 1 amide bonds. The first kappa shape index (κ1) is 14.5. The van der Waals surface area contributed by atoms with Crippen LogP contribution in [0, 0.1) is 21.4 Å². The molecule has 1 aliphatic rings. The van der Waals surface area contributed by atoms with E-state index in [2.05, 4.69) is 4.98 Å². The Labute approximate surface area is 120 Å². The van der Waals surface area contributed by atoms with Gasteiger partial charge in [-0.15, -0.1) is 0 Å². The van der Waals surface area contributed by atoms with Crippen LogP contribution in [0.1, 0.15) is 18.4 Å². The number of nitrogens with two attached hydrogens (primary N) is 1. The van der Waals surface area contributed by atoms with E-state index in [1.165, 1.54) is 6.20 Å². The van der Waals surface area contributed by atoms with E-state index in [-0.39, 0.29) is 23.5 Å². The van der Waals surface area contributed by atoms with E-state index in [0.29, 0.717) is 19.4 Å². The molecule has 0 radical (unpaired) electrons. The first-order valence-electron chi connectivity index (χ1n) is 6.26. The van der Waals surface area contributed by atoms with E-state index in [0.717, 1.165) is 6.20 Å². The Balaban J connectivity index is 2.34. The van der Waals surface area contributed by atoms with Crippen LogP contribution in [0.2, 0.25) is 0 Å². The van der Waals surface area contributed by atoms with Crippen molar-refractivity contribution in [2.45, 2.75) is 18.9 Å². The number of amides is 1. The Morgan fingerprint density at radius 3 is 3.00 bits per heavy atom. The number of carbonyl (C=O) groups excluding carboxylic acids is 1. The lowest BCUT2D eigenvalue weighted by atomic mass is 10.1. The molecule has 2 rings (SSSR count). The number of nitriles is 1. The molecule has 1 aliphatic heterocycles. The zero-order valence-electron chi connectivity index (χ0n) is 11.1. The zero-order valence-corrected chi connectivity index (χ0v) is 11.1. The van der Waals surface area contributed by atoms with Crippen LogP contribution in [0.15, 0.2) is 12.4 Å². The summed E-state index contributed by atoms with van der Waals surface area (Å²) in [5, 5.41) is 20.2. The van der Waals surface area contributed by atoms with Gasteiger partial charge >= 0.3 is 11.8 Å². The third kappa shape index (κ3) is 3.17. The molecule has 110 valence electrons. The Hall–Kier alpha value is -2.89. The molecule has 2 heterocycles. The molecule has 2 N–H and O–H groups in total. The average Bonchev–Trinajstić information content (AvgIpc) is 2.45. The van der Waals surface area contributed by atoms with Crippen molar-refractivity contribution in [3.63, 3.8) is 0 Å². The second-order valence-corrected chi connectivity index (χ2v) is 4.57. The molecule has 1 fully saturated rings. The molecule has 0 saturated carbocycles. The van der Waals surface area contributed by atoms with Crippen LogP contribution in [0.4, 0.5) is 16.2 Å². The van der Waals surface area contributed by atoms with Crippen molar-refractivity contribution < 1.29 is 14.5 Å². The summed E-state index contributed by atoms with van der Waals surface area (Å²) in [5.74, 6) is 0. The van der Waals surface area contributed by atoms with Crippen molar-refractivity contribution in [3.05, 3.63) is 28.1 Å². The molecule has 1 aromatic rings. The monoisotopic (exact) mass is 291 g/mol. The Bertz CT molecular complexity index is 612. The minimum Gasteiger partial charge on any atom is -0.445 e. The summed E-state index contributed by atoms with van der Waals surface area (Å²) in [6.07, 6.45) is 2.35. The van der Waals surface area contributed by atoms with Gasteiger partial charge in [0, 0.05) is 12.7 Å². The van der Waals surface area contributed by atoms with Gasteiger partial charge in [0.05, 0.1) is 11.5 Å². The molecule has 1 atom stereocenters. The fraction of sp³-hybridized carbons (Fsp3) is 0.417. The molecular weight excluding hydrogens is 278 g/mol. The van der Waals surface area contributed by atoms with E-state index in [1.807, 2.05) is 6.07 Å². The van der Waals surface area contributed by atoms with Crippen molar-refractivity contribution in [2.75, 3.05) is 18.0 Å². The number of hydrogen-bond donors (Lipinski definition) is 1. The summed E-state index contributed by atoms with van der Waals surface area (Å²) in [5.41, 5.74) is 5.07. The zero-order chi connectivity index (χ0) is 15.4. The Morgan fingerprint density at radius 2 is 2.38 bits per heavy atom. The van der Waals surface area contributed by atoms with Crippen molar-refractivity contribution >= 4 is 17.5 Å². The quantitative estimate of drug-likeness (QED) is 0.646. The highest BCUT2D eigenvalue weighted by molar-refractivity contribution is 5.70. The predicted molar refractivity (Wildman–Crippen MR) is 71.5 cm³/mol. The highest BCUT2D eigenvalue weighted by Gasteiger charge is 2.29. The minimum atomic E-state index is -0.883.